The van der Waals surface area contributed by atoms with Gasteiger partial charge in [-0.15, -0.1) is 0 Å². The van der Waals surface area contributed by atoms with E-state index < -0.39 is 17.9 Å². The minimum Gasteiger partial charge on any atom is -0.478 e. The van der Waals surface area contributed by atoms with Crippen LogP contribution in [0.2, 0.25) is 0 Å². The standard InChI is InChI=1S/C13H11N3O5/c17-10-4-3-8(11(18)16-10)15-13-14-7-2-1-6(12(19)20)5-9(7)21-13/h1-2,5,8H,3-4H2,(H,14,15)(H,19,20)(H,16,17,18). The number of carbonyl (C=O) groups excluding carboxylic acids is 2. The van der Waals surface area contributed by atoms with Gasteiger partial charge in [-0.2, -0.15) is 4.98 Å². The molecule has 1 aliphatic rings. The minimum atomic E-state index is -1.06. The highest BCUT2D eigenvalue weighted by Crippen LogP contribution is 2.22. The highest BCUT2D eigenvalue weighted by molar-refractivity contribution is 6.01. The van der Waals surface area contributed by atoms with Crippen LogP contribution in [-0.4, -0.2) is 33.9 Å². The molecule has 0 saturated carbocycles. The van der Waals surface area contributed by atoms with E-state index in [0.717, 1.165) is 0 Å². The van der Waals surface area contributed by atoms with E-state index in [1.54, 1.807) is 0 Å². The summed E-state index contributed by atoms with van der Waals surface area (Å²) in [7, 11) is 0. The number of aromatic carboxylic acids is 1. The predicted octanol–water partition coefficient (Wildman–Crippen LogP) is 0.743. The fourth-order valence-corrected chi connectivity index (χ4v) is 2.10. The van der Waals surface area contributed by atoms with Crippen molar-refractivity contribution in [1.29, 1.82) is 0 Å². The lowest BCUT2D eigenvalue weighted by molar-refractivity contribution is -0.133. The number of carboxylic acids is 1. The van der Waals surface area contributed by atoms with E-state index in [1.807, 2.05) is 0 Å². The van der Waals surface area contributed by atoms with Crippen molar-refractivity contribution in [3.8, 4) is 0 Å². The van der Waals surface area contributed by atoms with Crippen LogP contribution in [-0.2, 0) is 9.59 Å². The lowest BCUT2D eigenvalue weighted by Gasteiger charge is -2.20. The fourth-order valence-electron chi connectivity index (χ4n) is 2.10. The average molecular weight is 289 g/mol. The Morgan fingerprint density at radius 3 is 2.95 bits per heavy atom. The molecule has 1 unspecified atom stereocenters. The number of oxazole rings is 1. The highest BCUT2D eigenvalue weighted by Gasteiger charge is 2.27. The van der Waals surface area contributed by atoms with Crippen LogP contribution < -0.4 is 10.6 Å². The molecule has 2 amide bonds. The first-order valence-corrected chi connectivity index (χ1v) is 6.27. The van der Waals surface area contributed by atoms with E-state index >= 15 is 0 Å². The molecule has 8 nitrogen and oxygen atoms in total. The minimum absolute atomic E-state index is 0.0891. The summed E-state index contributed by atoms with van der Waals surface area (Å²) in [6.07, 6.45) is 0.594. The van der Waals surface area contributed by atoms with Gasteiger partial charge in [0.25, 0.3) is 6.01 Å². The number of benzene rings is 1. The van der Waals surface area contributed by atoms with Gasteiger partial charge in [0.05, 0.1) is 5.56 Å². The molecule has 3 N–H and O–H groups in total. The Morgan fingerprint density at radius 2 is 2.24 bits per heavy atom. The Kier molecular flexibility index (Phi) is 3.05. The molecule has 0 bridgehead atoms. The van der Waals surface area contributed by atoms with Crippen LogP contribution in [0.25, 0.3) is 11.1 Å². The van der Waals surface area contributed by atoms with Crippen LogP contribution in [0.4, 0.5) is 6.01 Å². The third-order valence-corrected chi connectivity index (χ3v) is 3.17. The molecule has 3 rings (SSSR count). The summed E-state index contributed by atoms with van der Waals surface area (Å²) in [6, 6.07) is 3.82. The van der Waals surface area contributed by atoms with Gasteiger partial charge in [0.2, 0.25) is 11.8 Å². The van der Waals surface area contributed by atoms with Gasteiger partial charge in [0, 0.05) is 6.42 Å². The second-order valence-electron chi connectivity index (χ2n) is 4.65. The number of nitrogens with one attached hydrogen (secondary N) is 2. The number of anilines is 1. The summed E-state index contributed by atoms with van der Waals surface area (Å²) in [5.41, 5.74) is 0.880. The van der Waals surface area contributed by atoms with Gasteiger partial charge >= 0.3 is 5.97 Å². The summed E-state index contributed by atoms with van der Waals surface area (Å²) in [5.74, 6) is -1.80. The van der Waals surface area contributed by atoms with Crippen molar-refractivity contribution in [2.75, 3.05) is 5.32 Å². The molecule has 21 heavy (non-hydrogen) atoms. The fraction of sp³-hybridized carbons (Fsp3) is 0.231. The lowest BCUT2D eigenvalue weighted by atomic mass is 10.1. The largest absolute Gasteiger partial charge is 0.478 e. The number of aromatic nitrogens is 1. The summed E-state index contributed by atoms with van der Waals surface area (Å²) in [4.78, 5) is 37.7. The van der Waals surface area contributed by atoms with E-state index in [2.05, 4.69) is 15.6 Å². The number of nitrogens with zero attached hydrogens (tertiary/aromatic N) is 1. The number of hydrogen-bond acceptors (Lipinski definition) is 6. The number of hydrogen-bond donors (Lipinski definition) is 3. The van der Waals surface area contributed by atoms with E-state index in [0.29, 0.717) is 17.5 Å². The topological polar surface area (TPSA) is 122 Å². The summed E-state index contributed by atoms with van der Waals surface area (Å²) in [6.45, 7) is 0. The van der Waals surface area contributed by atoms with Crippen LogP contribution in [0.3, 0.4) is 0 Å². The molecule has 108 valence electrons. The summed E-state index contributed by atoms with van der Waals surface area (Å²) >= 11 is 0. The Morgan fingerprint density at radius 1 is 1.43 bits per heavy atom. The van der Waals surface area contributed by atoms with Gasteiger partial charge in [0.15, 0.2) is 5.58 Å². The molecular weight excluding hydrogens is 278 g/mol. The summed E-state index contributed by atoms with van der Waals surface area (Å²) < 4.78 is 5.39. The number of amides is 2. The first-order valence-electron chi connectivity index (χ1n) is 6.27. The number of carboxylic acid groups (broad SMARTS) is 1. The van der Waals surface area contributed by atoms with Crippen molar-refractivity contribution >= 4 is 34.9 Å². The SMILES string of the molecule is O=C1CCC(Nc2nc3ccc(C(=O)O)cc3o2)C(=O)N1. The monoisotopic (exact) mass is 289 g/mol. The van der Waals surface area contributed by atoms with Crippen molar-refractivity contribution < 1.29 is 23.9 Å². The molecule has 0 aliphatic carbocycles. The Bertz CT molecular complexity index is 751. The highest BCUT2D eigenvalue weighted by atomic mass is 16.4. The molecule has 2 aromatic rings. The van der Waals surface area contributed by atoms with Crippen LogP contribution >= 0.6 is 0 Å². The van der Waals surface area contributed by atoms with Gasteiger partial charge in [0.1, 0.15) is 11.6 Å². The van der Waals surface area contributed by atoms with Crippen molar-refractivity contribution in [2.45, 2.75) is 18.9 Å². The second-order valence-corrected chi connectivity index (χ2v) is 4.65. The number of rotatable bonds is 3. The second kappa shape index (κ2) is 4.89. The molecule has 1 atom stereocenters. The zero-order chi connectivity index (χ0) is 15.0. The quantitative estimate of drug-likeness (QED) is 0.712. The Balaban J connectivity index is 1.83. The third kappa shape index (κ3) is 2.55. The van der Waals surface area contributed by atoms with Gasteiger partial charge in [-0.25, -0.2) is 4.79 Å². The zero-order valence-electron chi connectivity index (χ0n) is 10.8. The van der Waals surface area contributed by atoms with E-state index in [4.69, 9.17) is 9.52 Å². The van der Waals surface area contributed by atoms with Gasteiger partial charge in [-0.05, 0) is 24.6 Å². The molecule has 2 heterocycles. The molecule has 0 spiro atoms. The number of carbonyl (C=O) groups is 3. The lowest BCUT2D eigenvalue weighted by Crippen LogP contribution is -2.47. The molecular formula is C13H11N3O5. The maximum absolute atomic E-state index is 11.6. The van der Waals surface area contributed by atoms with E-state index in [-0.39, 0.29) is 23.9 Å². The molecule has 1 fully saturated rings. The Hall–Kier alpha value is -2.90. The van der Waals surface area contributed by atoms with Gasteiger partial charge < -0.3 is 14.8 Å². The van der Waals surface area contributed by atoms with Gasteiger partial charge in [-0.3, -0.25) is 14.9 Å². The molecule has 1 aromatic heterocycles. The molecule has 1 aromatic carbocycles. The summed E-state index contributed by atoms with van der Waals surface area (Å²) in [5, 5.41) is 13.9. The van der Waals surface area contributed by atoms with Crippen LogP contribution in [0.5, 0.6) is 0 Å². The first kappa shape index (κ1) is 13.1. The van der Waals surface area contributed by atoms with Crippen molar-refractivity contribution in [1.82, 2.24) is 10.3 Å². The smallest absolute Gasteiger partial charge is 0.335 e. The third-order valence-electron chi connectivity index (χ3n) is 3.17. The van der Waals surface area contributed by atoms with Crippen molar-refractivity contribution in [2.24, 2.45) is 0 Å². The van der Waals surface area contributed by atoms with Gasteiger partial charge in [-0.1, -0.05) is 0 Å². The maximum Gasteiger partial charge on any atom is 0.335 e. The maximum atomic E-state index is 11.6. The number of imide groups is 1. The van der Waals surface area contributed by atoms with Crippen LogP contribution in [0.1, 0.15) is 23.2 Å². The molecule has 1 saturated heterocycles. The first-order chi connectivity index (χ1) is 10.0. The van der Waals surface area contributed by atoms with Crippen molar-refractivity contribution in [3.63, 3.8) is 0 Å². The average Bonchev–Trinajstić information content (AvgIpc) is 2.83. The Labute approximate surface area is 118 Å². The van der Waals surface area contributed by atoms with Crippen LogP contribution in [0, 0.1) is 0 Å². The molecule has 0 radical (unpaired) electrons. The number of piperidine rings is 1. The van der Waals surface area contributed by atoms with E-state index in [9.17, 15) is 14.4 Å². The number of fused-ring (bicyclic) bond motifs is 1. The van der Waals surface area contributed by atoms with E-state index in [1.165, 1.54) is 18.2 Å². The normalized spacial score (nSPS) is 18.6. The van der Waals surface area contributed by atoms with Crippen molar-refractivity contribution in [3.05, 3.63) is 23.8 Å². The predicted molar refractivity (Wildman–Crippen MR) is 70.8 cm³/mol. The molecule has 8 heteroatoms. The molecule has 1 aliphatic heterocycles. The van der Waals surface area contributed by atoms with Crippen LogP contribution in [0.15, 0.2) is 22.6 Å². The zero-order valence-corrected chi connectivity index (χ0v) is 10.8.